The Labute approximate surface area is 123 Å². The summed E-state index contributed by atoms with van der Waals surface area (Å²) < 4.78 is 41.1. The maximum absolute atomic E-state index is 13.8. The molecule has 2 atom stereocenters. The topological polar surface area (TPSA) is 98.5 Å². The zero-order chi connectivity index (χ0) is 16.2. The van der Waals surface area contributed by atoms with E-state index < -0.39 is 21.9 Å². The first-order valence-electron chi connectivity index (χ1n) is 6.44. The monoisotopic (exact) mass is 318 g/mol. The molecule has 1 rings (SSSR count). The van der Waals surface area contributed by atoms with Gasteiger partial charge in [0.15, 0.2) is 17.7 Å². The van der Waals surface area contributed by atoms with Gasteiger partial charge in [-0.3, -0.25) is 4.79 Å². The molecule has 0 fully saturated rings. The normalized spacial score (nSPS) is 14.3. The van der Waals surface area contributed by atoms with Crippen molar-refractivity contribution in [2.75, 3.05) is 0 Å². The van der Waals surface area contributed by atoms with Gasteiger partial charge in [0.2, 0.25) is 10.0 Å². The van der Waals surface area contributed by atoms with Crippen LogP contribution in [0, 0.1) is 5.82 Å². The minimum absolute atomic E-state index is 0.0156. The molecule has 0 aliphatic rings. The van der Waals surface area contributed by atoms with Crippen LogP contribution in [0.5, 0.6) is 5.75 Å². The lowest BCUT2D eigenvalue weighted by molar-refractivity contribution is -0.127. The standard InChI is InChI=1S/C13H19FN2O4S/c1-4-8(2)16-13(17)9(3)20-12-6-5-10(7-11(12)14)21(15,18)19/h5-9H,4H2,1-3H3,(H,16,17)(H2,15,18,19). The number of sulfonamides is 1. The molecule has 0 aromatic heterocycles. The Morgan fingerprint density at radius 1 is 1.43 bits per heavy atom. The molecule has 1 aromatic carbocycles. The molecular formula is C13H19FN2O4S. The number of benzene rings is 1. The third-order valence-electron chi connectivity index (χ3n) is 2.91. The second-order valence-electron chi connectivity index (χ2n) is 4.72. The first-order valence-corrected chi connectivity index (χ1v) is 7.99. The van der Waals surface area contributed by atoms with E-state index in [1.54, 1.807) is 0 Å². The summed E-state index contributed by atoms with van der Waals surface area (Å²) in [4.78, 5) is 11.4. The van der Waals surface area contributed by atoms with Crippen LogP contribution in [0.1, 0.15) is 27.2 Å². The zero-order valence-corrected chi connectivity index (χ0v) is 12.9. The number of ether oxygens (including phenoxy) is 1. The highest BCUT2D eigenvalue weighted by Gasteiger charge is 2.19. The van der Waals surface area contributed by atoms with E-state index in [0.29, 0.717) is 0 Å². The number of hydrogen-bond acceptors (Lipinski definition) is 4. The van der Waals surface area contributed by atoms with Gasteiger partial charge < -0.3 is 10.1 Å². The van der Waals surface area contributed by atoms with Crippen molar-refractivity contribution in [2.45, 2.75) is 44.2 Å². The molecule has 0 bridgehead atoms. The first-order chi connectivity index (χ1) is 9.65. The molecule has 2 unspecified atom stereocenters. The number of carbonyl (C=O) groups excluding carboxylic acids is 1. The first kappa shape index (κ1) is 17.4. The van der Waals surface area contributed by atoms with Crippen molar-refractivity contribution >= 4 is 15.9 Å². The van der Waals surface area contributed by atoms with Crippen molar-refractivity contribution in [3.8, 4) is 5.75 Å². The van der Waals surface area contributed by atoms with Gasteiger partial charge in [0.25, 0.3) is 5.91 Å². The van der Waals surface area contributed by atoms with Crippen LogP contribution >= 0.6 is 0 Å². The quantitative estimate of drug-likeness (QED) is 0.822. The summed E-state index contributed by atoms with van der Waals surface area (Å²) in [5.74, 6) is -1.49. The summed E-state index contributed by atoms with van der Waals surface area (Å²) in [5, 5.41) is 7.60. The van der Waals surface area contributed by atoms with Gasteiger partial charge in [0.05, 0.1) is 4.90 Å². The van der Waals surface area contributed by atoms with Gasteiger partial charge in [-0.15, -0.1) is 0 Å². The highest BCUT2D eigenvalue weighted by Crippen LogP contribution is 2.21. The van der Waals surface area contributed by atoms with E-state index in [4.69, 9.17) is 9.88 Å². The van der Waals surface area contributed by atoms with Crippen LogP contribution in [-0.2, 0) is 14.8 Å². The van der Waals surface area contributed by atoms with Gasteiger partial charge in [0, 0.05) is 6.04 Å². The van der Waals surface area contributed by atoms with Crippen LogP contribution in [0.3, 0.4) is 0 Å². The number of carbonyl (C=O) groups is 1. The molecule has 0 spiro atoms. The molecule has 0 saturated heterocycles. The Kier molecular flexibility index (Phi) is 5.68. The summed E-state index contributed by atoms with van der Waals surface area (Å²) >= 11 is 0. The lowest BCUT2D eigenvalue weighted by atomic mass is 10.2. The number of rotatable bonds is 6. The maximum Gasteiger partial charge on any atom is 0.260 e. The fourth-order valence-corrected chi connectivity index (χ4v) is 1.99. The lowest BCUT2D eigenvalue weighted by Crippen LogP contribution is -2.41. The molecule has 1 amide bonds. The Bertz CT molecular complexity index is 619. The van der Waals surface area contributed by atoms with Crippen molar-refractivity contribution < 1.29 is 22.3 Å². The van der Waals surface area contributed by atoms with Crippen molar-refractivity contribution in [3.63, 3.8) is 0 Å². The second-order valence-corrected chi connectivity index (χ2v) is 6.28. The van der Waals surface area contributed by atoms with Crippen LogP contribution in [0.25, 0.3) is 0 Å². The summed E-state index contributed by atoms with van der Waals surface area (Å²) in [6.07, 6.45) is -0.149. The van der Waals surface area contributed by atoms with Crippen LogP contribution in [0.2, 0.25) is 0 Å². The minimum Gasteiger partial charge on any atom is -0.478 e. The van der Waals surface area contributed by atoms with E-state index >= 15 is 0 Å². The number of nitrogens with one attached hydrogen (secondary N) is 1. The van der Waals surface area contributed by atoms with Crippen LogP contribution < -0.4 is 15.2 Å². The van der Waals surface area contributed by atoms with Crippen LogP contribution in [-0.4, -0.2) is 26.5 Å². The van der Waals surface area contributed by atoms with Crippen LogP contribution in [0.4, 0.5) is 4.39 Å². The van der Waals surface area contributed by atoms with Gasteiger partial charge in [-0.1, -0.05) is 6.92 Å². The predicted molar refractivity (Wildman–Crippen MR) is 75.8 cm³/mol. The van der Waals surface area contributed by atoms with Crippen LogP contribution in [0.15, 0.2) is 23.1 Å². The molecule has 8 heteroatoms. The highest BCUT2D eigenvalue weighted by molar-refractivity contribution is 7.89. The van der Waals surface area contributed by atoms with E-state index in [2.05, 4.69) is 5.32 Å². The Hall–Kier alpha value is -1.67. The Balaban J connectivity index is 2.82. The molecule has 0 aliphatic heterocycles. The number of amides is 1. The summed E-state index contributed by atoms with van der Waals surface area (Å²) in [6, 6.07) is 2.98. The second kappa shape index (κ2) is 6.86. The van der Waals surface area contributed by atoms with E-state index in [9.17, 15) is 17.6 Å². The highest BCUT2D eigenvalue weighted by atomic mass is 32.2. The van der Waals surface area contributed by atoms with E-state index in [1.807, 2.05) is 13.8 Å². The third-order valence-corrected chi connectivity index (χ3v) is 3.82. The van der Waals surface area contributed by atoms with Gasteiger partial charge in [-0.25, -0.2) is 17.9 Å². The molecule has 0 aliphatic carbocycles. The van der Waals surface area contributed by atoms with Crippen molar-refractivity contribution in [3.05, 3.63) is 24.0 Å². The van der Waals surface area contributed by atoms with E-state index in [1.165, 1.54) is 6.92 Å². The number of nitrogens with two attached hydrogens (primary N) is 1. The van der Waals surface area contributed by atoms with Crippen molar-refractivity contribution in [1.82, 2.24) is 5.32 Å². The Morgan fingerprint density at radius 3 is 2.52 bits per heavy atom. The molecule has 1 aromatic rings. The molecule has 6 nitrogen and oxygen atoms in total. The summed E-state index contributed by atoms with van der Waals surface area (Å²) in [6.45, 7) is 5.24. The van der Waals surface area contributed by atoms with E-state index in [-0.39, 0.29) is 22.6 Å². The molecular weight excluding hydrogens is 299 g/mol. The third kappa shape index (κ3) is 4.98. The van der Waals surface area contributed by atoms with E-state index in [0.717, 1.165) is 24.6 Å². The smallest absolute Gasteiger partial charge is 0.260 e. The van der Waals surface area contributed by atoms with Crippen molar-refractivity contribution in [2.24, 2.45) is 5.14 Å². The largest absolute Gasteiger partial charge is 0.478 e. The molecule has 0 heterocycles. The van der Waals surface area contributed by atoms with Crippen molar-refractivity contribution in [1.29, 1.82) is 0 Å². The Morgan fingerprint density at radius 2 is 2.05 bits per heavy atom. The number of halogens is 1. The average Bonchev–Trinajstić information content (AvgIpc) is 2.39. The van der Waals surface area contributed by atoms with Gasteiger partial charge in [-0.05, 0) is 38.5 Å². The maximum atomic E-state index is 13.8. The number of primary sulfonamides is 1. The fourth-order valence-electron chi connectivity index (χ4n) is 1.46. The lowest BCUT2D eigenvalue weighted by Gasteiger charge is -2.18. The fraction of sp³-hybridized carbons (Fsp3) is 0.462. The SMILES string of the molecule is CCC(C)NC(=O)C(C)Oc1ccc(S(N)(=O)=O)cc1F. The molecule has 118 valence electrons. The average molecular weight is 318 g/mol. The molecule has 3 N–H and O–H groups in total. The number of hydrogen-bond donors (Lipinski definition) is 2. The minimum atomic E-state index is -3.98. The molecule has 0 radical (unpaired) electrons. The summed E-state index contributed by atoms with van der Waals surface area (Å²) in [5.41, 5.74) is 0. The molecule has 0 saturated carbocycles. The zero-order valence-electron chi connectivity index (χ0n) is 12.1. The van der Waals surface area contributed by atoms with Gasteiger partial charge >= 0.3 is 0 Å². The summed E-state index contributed by atoms with van der Waals surface area (Å²) in [7, 11) is -3.98. The molecule has 21 heavy (non-hydrogen) atoms. The predicted octanol–water partition coefficient (Wildman–Crippen LogP) is 1.16. The van der Waals surface area contributed by atoms with Gasteiger partial charge in [0.1, 0.15) is 0 Å². The van der Waals surface area contributed by atoms with Gasteiger partial charge in [-0.2, -0.15) is 0 Å².